The van der Waals surface area contributed by atoms with Crippen LogP contribution in [0.25, 0.3) is 0 Å². The fourth-order valence-electron chi connectivity index (χ4n) is 1.61. The summed E-state index contributed by atoms with van der Waals surface area (Å²) in [5.41, 5.74) is 2.38. The Labute approximate surface area is 122 Å². The van der Waals surface area contributed by atoms with Gasteiger partial charge in [0.1, 0.15) is 5.82 Å². The van der Waals surface area contributed by atoms with E-state index in [1.807, 2.05) is 31.2 Å². The predicted molar refractivity (Wildman–Crippen MR) is 79.8 cm³/mol. The number of benzene rings is 2. The van der Waals surface area contributed by atoms with E-state index < -0.39 is 0 Å². The lowest BCUT2D eigenvalue weighted by Crippen LogP contribution is -2.16. The highest BCUT2D eigenvalue weighted by Gasteiger charge is 2.02. The molecule has 2 aromatic carbocycles. The Morgan fingerprint density at radius 2 is 2.05 bits per heavy atom. The second-order valence-corrected chi connectivity index (χ2v) is 4.48. The fraction of sp³-hybridized carbons (Fsp3) is 0.125. The predicted octanol–water partition coefficient (Wildman–Crippen LogP) is 3.12. The van der Waals surface area contributed by atoms with Crippen molar-refractivity contribution >= 4 is 17.8 Å². The van der Waals surface area contributed by atoms with Gasteiger partial charge in [0.15, 0.2) is 6.61 Å². The van der Waals surface area contributed by atoms with E-state index in [4.69, 9.17) is 4.84 Å². The van der Waals surface area contributed by atoms with Crippen LogP contribution in [0.3, 0.4) is 0 Å². The van der Waals surface area contributed by atoms with E-state index in [1.54, 1.807) is 12.1 Å². The summed E-state index contributed by atoms with van der Waals surface area (Å²) >= 11 is 0. The molecule has 0 aromatic heterocycles. The number of hydrogen-bond acceptors (Lipinski definition) is 3. The summed E-state index contributed by atoms with van der Waals surface area (Å²) in [7, 11) is 0. The molecular weight excluding hydrogens is 271 g/mol. The second kappa shape index (κ2) is 7.19. The molecule has 2 rings (SSSR count). The summed E-state index contributed by atoms with van der Waals surface area (Å²) in [6, 6.07) is 13.3. The topological polar surface area (TPSA) is 50.7 Å². The molecule has 108 valence electrons. The highest BCUT2D eigenvalue weighted by molar-refractivity contribution is 5.91. The monoisotopic (exact) mass is 286 g/mol. The van der Waals surface area contributed by atoms with E-state index in [0.717, 1.165) is 5.56 Å². The number of nitrogens with zero attached hydrogens (tertiary/aromatic N) is 1. The first-order valence-corrected chi connectivity index (χ1v) is 6.41. The lowest BCUT2D eigenvalue weighted by Gasteiger charge is -2.04. The van der Waals surface area contributed by atoms with Gasteiger partial charge in [0, 0.05) is 5.69 Å². The van der Waals surface area contributed by atoms with Gasteiger partial charge in [0.05, 0.1) is 6.21 Å². The molecule has 0 heterocycles. The summed E-state index contributed by atoms with van der Waals surface area (Å²) in [6.07, 6.45) is 1.35. The van der Waals surface area contributed by atoms with E-state index >= 15 is 0 Å². The molecule has 1 N–H and O–H groups in total. The van der Waals surface area contributed by atoms with Gasteiger partial charge in [0.25, 0.3) is 5.91 Å². The SMILES string of the molecule is Cc1ccc(NC(=O)CO/N=C\c2cccc(F)c2)cc1. The van der Waals surface area contributed by atoms with Gasteiger partial charge in [-0.25, -0.2) is 4.39 Å². The molecule has 2 aromatic rings. The summed E-state index contributed by atoms with van der Waals surface area (Å²) in [4.78, 5) is 16.5. The Morgan fingerprint density at radius 1 is 1.29 bits per heavy atom. The molecule has 1 amide bonds. The Kier molecular flexibility index (Phi) is 5.04. The first kappa shape index (κ1) is 14.7. The smallest absolute Gasteiger partial charge is 0.265 e. The maximum atomic E-state index is 12.9. The van der Waals surface area contributed by atoms with Crippen molar-refractivity contribution in [3.63, 3.8) is 0 Å². The molecule has 0 fully saturated rings. The maximum absolute atomic E-state index is 12.9. The van der Waals surface area contributed by atoms with Crippen molar-refractivity contribution in [2.24, 2.45) is 5.16 Å². The number of halogens is 1. The first-order chi connectivity index (χ1) is 10.1. The van der Waals surface area contributed by atoms with Crippen LogP contribution in [-0.4, -0.2) is 18.7 Å². The molecular formula is C16H15FN2O2. The second-order valence-electron chi connectivity index (χ2n) is 4.48. The van der Waals surface area contributed by atoms with E-state index in [9.17, 15) is 9.18 Å². The van der Waals surface area contributed by atoms with Crippen molar-refractivity contribution in [3.05, 3.63) is 65.5 Å². The lowest BCUT2D eigenvalue weighted by molar-refractivity contribution is -0.120. The van der Waals surface area contributed by atoms with E-state index in [1.165, 1.54) is 18.3 Å². The number of oxime groups is 1. The number of hydrogen-bond donors (Lipinski definition) is 1. The van der Waals surface area contributed by atoms with Crippen molar-refractivity contribution in [2.45, 2.75) is 6.92 Å². The molecule has 0 atom stereocenters. The summed E-state index contributed by atoms with van der Waals surface area (Å²) in [6.45, 7) is 1.76. The van der Waals surface area contributed by atoms with Gasteiger partial charge in [-0.2, -0.15) is 0 Å². The van der Waals surface area contributed by atoms with Crippen molar-refractivity contribution in [2.75, 3.05) is 11.9 Å². The minimum absolute atomic E-state index is 0.209. The molecule has 0 aliphatic rings. The number of amides is 1. The quantitative estimate of drug-likeness (QED) is 0.678. The normalized spacial score (nSPS) is 10.6. The summed E-state index contributed by atoms with van der Waals surface area (Å²) in [5, 5.41) is 6.31. The molecule has 5 heteroatoms. The lowest BCUT2D eigenvalue weighted by atomic mass is 10.2. The third-order valence-electron chi connectivity index (χ3n) is 2.66. The van der Waals surface area contributed by atoms with Crippen LogP contribution in [0.15, 0.2) is 53.7 Å². The van der Waals surface area contributed by atoms with Gasteiger partial charge in [0.2, 0.25) is 0 Å². The van der Waals surface area contributed by atoms with Crippen molar-refractivity contribution < 1.29 is 14.0 Å². The Bertz CT molecular complexity index is 639. The number of rotatable bonds is 5. The molecule has 0 bridgehead atoms. The number of nitrogens with one attached hydrogen (secondary N) is 1. The van der Waals surface area contributed by atoms with Gasteiger partial charge in [-0.05, 0) is 36.8 Å². The Hall–Kier alpha value is -2.69. The average Bonchev–Trinajstić information content (AvgIpc) is 2.46. The third-order valence-corrected chi connectivity index (χ3v) is 2.66. The molecule has 0 aliphatic heterocycles. The van der Waals surface area contributed by atoms with Gasteiger partial charge in [-0.3, -0.25) is 4.79 Å². The minimum atomic E-state index is -0.351. The van der Waals surface area contributed by atoms with Gasteiger partial charge in [-0.15, -0.1) is 0 Å². The number of aryl methyl sites for hydroxylation is 1. The number of carbonyl (C=O) groups is 1. The van der Waals surface area contributed by atoms with Crippen LogP contribution in [0.5, 0.6) is 0 Å². The van der Waals surface area contributed by atoms with Crippen LogP contribution in [0.2, 0.25) is 0 Å². The summed E-state index contributed by atoms with van der Waals surface area (Å²) in [5.74, 6) is -0.661. The zero-order valence-electron chi connectivity index (χ0n) is 11.5. The van der Waals surface area contributed by atoms with E-state index in [0.29, 0.717) is 11.3 Å². The van der Waals surface area contributed by atoms with Crippen LogP contribution in [0.4, 0.5) is 10.1 Å². The van der Waals surface area contributed by atoms with Gasteiger partial charge < -0.3 is 10.2 Å². The van der Waals surface area contributed by atoms with Crippen molar-refractivity contribution in [3.8, 4) is 0 Å². The average molecular weight is 286 g/mol. The molecule has 0 spiro atoms. The molecule has 4 nitrogen and oxygen atoms in total. The standard InChI is InChI=1S/C16H15FN2O2/c1-12-5-7-15(8-6-12)19-16(20)11-21-18-10-13-3-2-4-14(17)9-13/h2-10H,11H2,1H3,(H,19,20)/b18-10-. The number of anilines is 1. The molecule has 0 unspecified atom stereocenters. The van der Waals surface area contributed by atoms with Crippen molar-refractivity contribution in [1.82, 2.24) is 0 Å². The Balaban J connectivity index is 1.78. The molecule has 0 radical (unpaired) electrons. The highest BCUT2D eigenvalue weighted by Crippen LogP contribution is 2.08. The van der Waals surface area contributed by atoms with Crippen LogP contribution >= 0.6 is 0 Å². The number of carbonyl (C=O) groups excluding carboxylic acids is 1. The summed E-state index contributed by atoms with van der Waals surface area (Å²) < 4.78 is 12.9. The van der Waals surface area contributed by atoms with Crippen molar-refractivity contribution in [1.29, 1.82) is 0 Å². The zero-order chi connectivity index (χ0) is 15.1. The van der Waals surface area contributed by atoms with E-state index in [-0.39, 0.29) is 18.3 Å². The van der Waals surface area contributed by atoms with Crippen LogP contribution < -0.4 is 5.32 Å². The third kappa shape index (κ3) is 5.06. The van der Waals surface area contributed by atoms with Gasteiger partial charge in [-0.1, -0.05) is 35.0 Å². The highest BCUT2D eigenvalue weighted by atomic mass is 19.1. The van der Waals surface area contributed by atoms with Crippen LogP contribution in [0, 0.1) is 12.7 Å². The molecule has 0 saturated carbocycles. The first-order valence-electron chi connectivity index (χ1n) is 6.41. The fourth-order valence-corrected chi connectivity index (χ4v) is 1.61. The maximum Gasteiger partial charge on any atom is 0.265 e. The Morgan fingerprint density at radius 3 is 2.76 bits per heavy atom. The largest absolute Gasteiger partial charge is 0.386 e. The van der Waals surface area contributed by atoms with E-state index in [2.05, 4.69) is 10.5 Å². The molecule has 0 aliphatic carbocycles. The minimum Gasteiger partial charge on any atom is -0.386 e. The molecule has 0 saturated heterocycles. The molecule has 21 heavy (non-hydrogen) atoms. The van der Waals surface area contributed by atoms with Gasteiger partial charge >= 0.3 is 0 Å². The zero-order valence-corrected chi connectivity index (χ0v) is 11.5. The van der Waals surface area contributed by atoms with Crippen LogP contribution in [0.1, 0.15) is 11.1 Å². The van der Waals surface area contributed by atoms with Crippen LogP contribution in [-0.2, 0) is 9.63 Å².